The van der Waals surface area contributed by atoms with Crippen molar-refractivity contribution in [2.75, 3.05) is 0 Å². The Morgan fingerprint density at radius 2 is 2.22 bits per heavy atom. The smallest absolute Gasteiger partial charge is 0.408 e. The molecule has 7 heteroatoms. The third-order valence-corrected chi connectivity index (χ3v) is 2.57. The van der Waals surface area contributed by atoms with Crippen molar-refractivity contribution in [3.63, 3.8) is 0 Å². The molecule has 1 aromatic heterocycles. The van der Waals surface area contributed by atoms with Gasteiger partial charge in [-0.1, -0.05) is 0 Å². The Labute approximate surface area is 110 Å². The number of aromatic nitrogens is 1. The van der Waals surface area contributed by atoms with E-state index >= 15 is 0 Å². The first-order valence-corrected chi connectivity index (χ1v) is 6.38. The number of alkyl carbamates (subject to hydrolysis) is 1. The number of nitrogens with one attached hydrogen (secondary N) is 1. The second-order valence-electron chi connectivity index (χ2n) is 4.79. The fourth-order valence-electron chi connectivity index (χ4n) is 1.22. The molecular formula is C11H17N3O3S. The van der Waals surface area contributed by atoms with E-state index in [0.717, 1.165) is 0 Å². The summed E-state index contributed by atoms with van der Waals surface area (Å²) < 4.78 is 5.06. The van der Waals surface area contributed by atoms with E-state index in [1.807, 2.05) is 0 Å². The van der Waals surface area contributed by atoms with Gasteiger partial charge in [0.05, 0.1) is 11.2 Å². The summed E-state index contributed by atoms with van der Waals surface area (Å²) in [6.07, 6.45) is -0.403. The Balaban J connectivity index is 2.58. The van der Waals surface area contributed by atoms with E-state index in [0.29, 0.717) is 5.69 Å². The number of hydrogen-bond donors (Lipinski definition) is 2. The van der Waals surface area contributed by atoms with Crippen LogP contribution in [-0.2, 0) is 16.0 Å². The second kappa shape index (κ2) is 5.81. The molecule has 2 amide bonds. The number of rotatable bonds is 4. The summed E-state index contributed by atoms with van der Waals surface area (Å²) in [6, 6.07) is -0.818. The van der Waals surface area contributed by atoms with Crippen LogP contribution in [-0.4, -0.2) is 28.6 Å². The van der Waals surface area contributed by atoms with Gasteiger partial charge in [-0.3, -0.25) is 4.79 Å². The highest BCUT2D eigenvalue weighted by molar-refractivity contribution is 7.07. The third kappa shape index (κ3) is 5.13. The van der Waals surface area contributed by atoms with Gasteiger partial charge in [-0.05, 0) is 20.8 Å². The maximum absolute atomic E-state index is 11.5. The molecule has 0 saturated heterocycles. The highest BCUT2D eigenvalue weighted by atomic mass is 32.1. The van der Waals surface area contributed by atoms with Crippen LogP contribution >= 0.6 is 11.3 Å². The zero-order valence-corrected chi connectivity index (χ0v) is 11.4. The molecule has 1 aromatic rings. The van der Waals surface area contributed by atoms with Crippen LogP contribution in [0.25, 0.3) is 0 Å². The SMILES string of the molecule is CC(C)(C)OC(=O)N[C@@H](Cc1cscn1)C(N)=O. The van der Waals surface area contributed by atoms with Gasteiger partial charge in [0, 0.05) is 11.8 Å². The summed E-state index contributed by atoms with van der Waals surface area (Å²) in [4.78, 5) is 26.8. The van der Waals surface area contributed by atoms with E-state index in [4.69, 9.17) is 10.5 Å². The number of nitrogens with zero attached hydrogens (tertiary/aromatic N) is 1. The Bertz CT molecular complexity index is 412. The minimum Gasteiger partial charge on any atom is -0.444 e. The Morgan fingerprint density at radius 3 is 2.67 bits per heavy atom. The molecule has 1 heterocycles. The fraction of sp³-hybridized carbons (Fsp3) is 0.545. The van der Waals surface area contributed by atoms with E-state index in [2.05, 4.69) is 10.3 Å². The van der Waals surface area contributed by atoms with Crippen molar-refractivity contribution in [2.24, 2.45) is 5.73 Å². The summed E-state index contributed by atoms with van der Waals surface area (Å²) in [6.45, 7) is 5.23. The van der Waals surface area contributed by atoms with Crippen LogP contribution in [0.5, 0.6) is 0 Å². The number of carbonyl (C=O) groups is 2. The summed E-state index contributed by atoms with van der Waals surface area (Å²) in [7, 11) is 0. The van der Waals surface area contributed by atoms with Gasteiger partial charge >= 0.3 is 6.09 Å². The summed E-state index contributed by atoms with van der Waals surface area (Å²) >= 11 is 1.42. The molecule has 0 aliphatic carbocycles. The van der Waals surface area contributed by atoms with Crippen molar-refractivity contribution in [1.29, 1.82) is 0 Å². The summed E-state index contributed by atoms with van der Waals surface area (Å²) in [5, 5.41) is 4.24. The topological polar surface area (TPSA) is 94.3 Å². The lowest BCUT2D eigenvalue weighted by Crippen LogP contribution is -2.47. The number of hydrogen-bond acceptors (Lipinski definition) is 5. The number of carbonyl (C=O) groups excluding carboxylic acids is 2. The Morgan fingerprint density at radius 1 is 1.56 bits per heavy atom. The first-order chi connectivity index (χ1) is 8.28. The molecule has 0 aliphatic rings. The maximum atomic E-state index is 11.5. The molecule has 0 fully saturated rings. The van der Waals surface area contributed by atoms with Crippen LogP contribution in [0.2, 0.25) is 0 Å². The first kappa shape index (κ1) is 14.4. The number of amides is 2. The predicted octanol–water partition coefficient (Wildman–Crippen LogP) is 1.06. The minimum absolute atomic E-state index is 0.262. The van der Waals surface area contributed by atoms with Gasteiger partial charge in [0.2, 0.25) is 5.91 Å². The summed E-state index contributed by atoms with van der Waals surface area (Å²) in [5.41, 5.74) is 6.98. The van der Waals surface area contributed by atoms with Gasteiger partial charge < -0.3 is 15.8 Å². The van der Waals surface area contributed by atoms with Crippen LogP contribution < -0.4 is 11.1 Å². The lowest BCUT2D eigenvalue weighted by Gasteiger charge is -2.22. The lowest BCUT2D eigenvalue weighted by atomic mass is 10.1. The molecule has 0 bridgehead atoms. The van der Waals surface area contributed by atoms with E-state index in [1.54, 1.807) is 31.7 Å². The fourth-order valence-corrected chi connectivity index (χ4v) is 1.79. The van der Waals surface area contributed by atoms with Crippen molar-refractivity contribution in [2.45, 2.75) is 38.8 Å². The van der Waals surface area contributed by atoms with Gasteiger partial charge in [0.25, 0.3) is 0 Å². The predicted molar refractivity (Wildman–Crippen MR) is 68.2 cm³/mol. The van der Waals surface area contributed by atoms with Crippen LogP contribution in [0.3, 0.4) is 0 Å². The molecule has 0 spiro atoms. The van der Waals surface area contributed by atoms with Crippen molar-refractivity contribution < 1.29 is 14.3 Å². The molecule has 18 heavy (non-hydrogen) atoms. The largest absolute Gasteiger partial charge is 0.444 e. The molecule has 1 rings (SSSR count). The molecular weight excluding hydrogens is 254 g/mol. The third-order valence-electron chi connectivity index (χ3n) is 1.93. The van der Waals surface area contributed by atoms with Gasteiger partial charge in [-0.2, -0.15) is 0 Å². The van der Waals surface area contributed by atoms with E-state index in [-0.39, 0.29) is 6.42 Å². The lowest BCUT2D eigenvalue weighted by molar-refractivity contribution is -0.120. The summed E-state index contributed by atoms with van der Waals surface area (Å²) in [5.74, 6) is -0.617. The normalized spacial score (nSPS) is 12.8. The second-order valence-corrected chi connectivity index (χ2v) is 5.50. The average Bonchev–Trinajstić information content (AvgIpc) is 2.66. The van der Waals surface area contributed by atoms with Crippen molar-refractivity contribution in [1.82, 2.24) is 10.3 Å². The van der Waals surface area contributed by atoms with Crippen LogP contribution in [0, 0.1) is 0 Å². The van der Waals surface area contributed by atoms with Crippen LogP contribution in [0.15, 0.2) is 10.9 Å². The molecule has 3 N–H and O–H groups in total. The number of nitrogens with two attached hydrogens (primary N) is 1. The van der Waals surface area contributed by atoms with Gasteiger partial charge in [0.1, 0.15) is 11.6 Å². The van der Waals surface area contributed by atoms with Crippen molar-refractivity contribution >= 4 is 23.3 Å². The molecule has 1 atom stereocenters. The monoisotopic (exact) mass is 271 g/mol. The molecule has 0 aromatic carbocycles. The molecule has 100 valence electrons. The Hall–Kier alpha value is -1.63. The number of thiazole rings is 1. The van der Waals surface area contributed by atoms with Crippen LogP contribution in [0.1, 0.15) is 26.5 Å². The highest BCUT2D eigenvalue weighted by Gasteiger charge is 2.23. The molecule has 6 nitrogen and oxygen atoms in total. The van der Waals surface area contributed by atoms with E-state index < -0.39 is 23.6 Å². The zero-order valence-electron chi connectivity index (χ0n) is 10.6. The van der Waals surface area contributed by atoms with Crippen molar-refractivity contribution in [3.8, 4) is 0 Å². The van der Waals surface area contributed by atoms with Crippen LogP contribution in [0.4, 0.5) is 4.79 Å². The minimum atomic E-state index is -0.818. The van der Waals surface area contributed by atoms with Crippen molar-refractivity contribution in [3.05, 3.63) is 16.6 Å². The molecule has 0 radical (unpaired) electrons. The average molecular weight is 271 g/mol. The van der Waals surface area contributed by atoms with E-state index in [1.165, 1.54) is 11.3 Å². The molecule has 0 aliphatic heterocycles. The molecule has 0 unspecified atom stereocenters. The zero-order chi connectivity index (χ0) is 13.8. The highest BCUT2D eigenvalue weighted by Crippen LogP contribution is 2.08. The van der Waals surface area contributed by atoms with Gasteiger partial charge in [-0.25, -0.2) is 9.78 Å². The standard InChI is InChI=1S/C11H17N3O3S/c1-11(2,3)17-10(16)14-8(9(12)15)4-7-5-18-6-13-7/h5-6,8H,4H2,1-3H3,(H2,12,15)(H,14,16)/t8-/m0/s1. The molecule has 0 saturated carbocycles. The van der Waals surface area contributed by atoms with Gasteiger partial charge in [-0.15, -0.1) is 11.3 Å². The van der Waals surface area contributed by atoms with E-state index in [9.17, 15) is 9.59 Å². The quantitative estimate of drug-likeness (QED) is 0.856. The number of ether oxygens (including phenoxy) is 1. The van der Waals surface area contributed by atoms with Gasteiger partial charge in [0.15, 0.2) is 0 Å². The maximum Gasteiger partial charge on any atom is 0.408 e. The number of primary amides is 1. The first-order valence-electron chi connectivity index (χ1n) is 5.44. The Kier molecular flexibility index (Phi) is 4.66.